The molecule has 1 aliphatic rings. The molecule has 4 nitrogen and oxygen atoms in total. The van der Waals surface area contributed by atoms with Crippen LogP contribution in [0.4, 0.5) is 0 Å². The second kappa shape index (κ2) is 5.43. The van der Waals surface area contributed by atoms with Crippen molar-refractivity contribution < 1.29 is 4.52 Å². The van der Waals surface area contributed by atoms with Crippen molar-refractivity contribution in [2.45, 2.75) is 44.2 Å². The molecular weight excluding hydrogens is 266 g/mol. The Morgan fingerprint density at radius 3 is 2.61 bits per heavy atom. The Hall–Kier alpha value is -0.200. The maximum Gasteiger partial charge on any atom is 0.244 e. The highest BCUT2D eigenvalue weighted by molar-refractivity contribution is 8.06. The van der Waals surface area contributed by atoms with Gasteiger partial charge in [0.15, 0.2) is 5.82 Å². The minimum absolute atomic E-state index is 0.0656. The number of nitrogens with zero attached hydrogens (tertiary/aromatic N) is 2. The summed E-state index contributed by atoms with van der Waals surface area (Å²) in [4.78, 5) is 4.51. The molecule has 1 fully saturated rings. The molecule has 18 heavy (non-hydrogen) atoms. The zero-order valence-corrected chi connectivity index (χ0v) is 13.0. The molecule has 1 saturated heterocycles. The van der Waals surface area contributed by atoms with Gasteiger partial charge < -0.3 is 10.3 Å². The standard InChI is InChI=1S/C12H21N3OS2/c1-7-8(18-6-5-17-7)10-14-11(16-15-10)9(13)12(2,3)4/h7-9H,5-6,13H2,1-4H3. The summed E-state index contributed by atoms with van der Waals surface area (Å²) in [6.07, 6.45) is 0. The Labute approximate surface area is 117 Å². The number of rotatable bonds is 2. The fourth-order valence-electron chi connectivity index (χ4n) is 1.78. The summed E-state index contributed by atoms with van der Waals surface area (Å²) < 4.78 is 5.35. The lowest BCUT2D eigenvalue weighted by atomic mass is 9.87. The van der Waals surface area contributed by atoms with Gasteiger partial charge in [-0.3, -0.25) is 0 Å². The number of thioether (sulfide) groups is 2. The van der Waals surface area contributed by atoms with Crippen molar-refractivity contribution in [3.63, 3.8) is 0 Å². The quantitative estimate of drug-likeness (QED) is 0.902. The normalized spacial score (nSPS) is 27.2. The molecule has 0 aliphatic carbocycles. The number of hydrogen-bond acceptors (Lipinski definition) is 6. The van der Waals surface area contributed by atoms with Crippen molar-refractivity contribution in [3.8, 4) is 0 Å². The summed E-state index contributed by atoms with van der Waals surface area (Å²) in [5, 5.41) is 4.98. The first kappa shape index (κ1) is 14.2. The highest BCUT2D eigenvalue weighted by atomic mass is 32.2. The van der Waals surface area contributed by atoms with Crippen LogP contribution in [0.25, 0.3) is 0 Å². The highest BCUT2D eigenvalue weighted by Gasteiger charge is 2.32. The molecule has 2 heterocycles. The van der Waals surface area contributed by atoms with Crippen molar-refractivity contribution in [1.29, 1.82) is 0 Å². The molecule has 0 amide bonds. The van der Waals surface area contributed by atoms with Crippen LogP contribution in [0.2, 0.25) is 0 Å². The molecule has 1 aromatic rings. The molecule has 0 radical (unpaired) electrons. The lowest BCUT2D eigenvalue weighted by molar-refractivity contribution is 0.252. The van der Waals surface area contributed by atoms with Gasteiger partial charge in [0, 0.05) is 16.8 Å². The van der Waals surface area contributed by atoms with Crippen LogP contribution in [0.5, 0.6) is 0 Å². The van der Waals surface area contributed by atoms with Gasteiger partial charge in [-0.15, -0.1) is 11.8 Å². The van der Waals surface area contributed by atoms with Crippen LogP contribution >= 0.6 is 23.5 Å². The maximum absolute atomic E-state index is 6.14. The fraction of sp³-hybridized carbons (Fsp3) is 0.833. The van der Waals surface area contributed by atoms with Gasteiger partial charge in [-0.05, 0) is 5.41 Å². The second-order valence-electron chi connectivity index (χ2n) is 5.70. The largest absolute Gasteiger partial charge is 0.338 e. The molecule has 1 aliphatic heterocycles. The summed E-state index contributed by atoms with van der Waals surface area (Å²) in [6, 6.07) is -0.213. The van der Waals surface area contributed by atoms with Gasteiger partial charge in [0.2, 0.25) is 5.89 Å². The van der Waals surface area contributed by atoms with Gasteiger partial charge in [-0.25, -0.2) is 0 Å². The third-order valence-corrected chi connectivity index (χ3v) is 6.19. The average molecular weight is 287 g/mol. The number of nitrogens with two attached hydrogens (primary N) is 1. The first-order chi connectivity index (χ1) is 8.39. The van der Waals surface area contributed by atoms with E-state index in [1.807, 2.05) is 23.5 Å². The molecule has 0 aromatic carbocycles. The molecule has 0 spiro atoms. The van der Waals surface area contributed by atoms with Gasteiger partial charge in [-0.1, -0.05) is 32.9 Å². The predicted octanol–water partition coefficient (Wildman–Crippen LogP) is 3.03. The summed E-state index contributed by atoms with van der Waals surface area (Å²) in [7, 11) is 0. The van der Waals surface area contributed by atoms with Gasteiger partial charge in [0.25, 0.3) is 0 Å². The summed E-state index contributed by atoms with van der Waals surface area (Å²) >= 11 is 3.88. The monoisotopic (exact) mass is 287 g/mol. The molecule has 1 aromatic heterocycles. The first-order valence-electron chi connectivity index (χ1n) is 6.22. The number of hydrogen-bond donors (Lipinski definition) is 1. The lowest BCUT2D eigenvalue weighted by Crippen LogP contribution is -2.26. The van der Waals surface area contributed by atoms with Crippen molar-refractivity contribution in [2.24, 2.45) is 11.1 Å². The van der Waals surface area contributed by atoms with Crippen molar-refractivity contribution >= 4 is 23.5 Å². The predicted molar refractivity (Wildman–Crippen MR) is 77.8 cm³/mol. The molecular formula is C12H21N3OS2. The minimum Gasteiger partial charge on any atom is -0.338 e. The Morgan fingerprint density at radius 2 is 2.00 bits per heavy atom. The second-order valence-corrected chi connectivity index (χ2v) is 8.44. The van der Waals surface area contributed by atoms with Gasteiger partial charge in [0.05, 0.1) is 11.3 Å². The smallest absolute Gasteiger partial charge is 0.244 e. The van der Waals surface area contributed by atoms with Crippen LogP contribution < -0.4 is 5.73 Å². The van der Waals surface area contributed by atoms with Crippen LogP contribution in [0.15, 0.2) is 4.52 Å². The zero-order valence-electron chi connectivity index (χ0n) is 11.3. The van der Waals surface area contributed by atoms with E-state index in [4.69, 9.17) is 10.3 Å². The summed E-state index contributed by atoms with van der Waals surface area (Å²) in [5.74, 6) is 3.71. The van der Waals surface area contributed by atoms with Crippen LogP contribution in [0, 0.1) is 5.41 Å². The van der Waals surface area contributed by atoms with E-state index in [2.05, 4.69) is 37.8 Å². The topological polar surface area (TPSA) is 64.9 Å². The fourth-order valence-corrected chi connectivity index (χ4v) is 4.46. The third-order valence-electron chi connectivity index (χ3n) is 3.10. The third kappa shape index (κ3) is 3.03. The minimum atomic E-state index is -0.213. The maximum atomic E-state index is 6.14. The summed E-state index contributed by atoms with van der Waals surface area (Å²) in [5.41, 5.74) is 6.08. The lowest BCUT2D eigenvalue weighted by Gasteiger charge is -2.25. The number of aromatic nitrogens is 2. The molecule has 0 bridgehead atoms. The van der Waals surface area contributed by atoms with E-state index < -0.39 is 0 Å². The Kier molecular flexibility index (Phi) is 4.29. The van der Waals surface area contributed by atoms with E-state index in [0.29, 0.717) is 16.4 Å². The van der Waals surface area contributed by atoms with Crippen molar-refractivity contribution in [3.05, 3.63) is 11.7 Å². The Morgan fingerprint density at radius 1 is 1.33 bits per heavy atom. The van der Waals surface area contributed by atoms with Gasteiger partial charge in [-0.2, -0.15) is 16.7 Å². The Balaban J connectivity index is 2.15. The molecule has 102 valence electrons. The van der Waals surface area contributed by atoms with Crippen LogP contribution in [0.3, 0.4) is 0 Å². The van der Waals surface area contributed by atoms with E-state index in [-0.39, 0.29) is 11.5 Å². The molecule has 3 atom stereocenters. The molecule has 2 rings (SSSR count). The molecule has 3 unspecified atom stereocenters. The van der Waals surface area contributed by atoms with Gasteiger partial charge in [0.1, 0.15) is 0 Å². The summed E-state index contributed by atoms with van der Waals surface area (Å²) in [6.45, 7) is 8.46. The Bertz CT molecular complexity index is 402. The first-order valence-corrected chi connectivity index (χ1v) is 8.31. The van der Waals surface area contributed by atoms with Crippen LogP contribution in [-0.2, 0) is 0 Å². The van der Waals surface area contributed by atoms with E-state index >= 15 is 0 Å². The molecule has 2 N–H and O–H groups in total. The van der Waals surface area contributed by atoms with E-state index in [1.165, 1.54) is 5.75 Å². The van der Waals surface area contributed by atoms with Crippen LogP contribution in [-0.4, -0.2) is 26.9 Å². The van der Waals surface area contributed by atoms with Crippen molar-refractivity contribution in [2.75, 3.05) is 11.5 Å². The van der Waals surface area contributed by atoms with Crippen molar-refractivity contribution in [1.82, 2.24) is 10.1 Å². The zero-order chi connectivity index (χ0) is 13.3. The van der Waals surface area contributed by atoms with E-state index in [1.54, 1.807) is 0 Å². The SMILES string of the molecule is CC1SCCSC1c1noc(C(N)C(C)(C)C)n1. The van der Waals surface area contributed by atoms with E-state index in [9.17, 15) is 0 Å². The molecule has 0 saturated carbocycles. The molecule has 6 heteroatoms. The van der Waals surface area contributed by atoms with Crippen LogP contribution in [0.1, 0.15) is 50.7 Å². The van der Waals surface area contributed by atoms with Gasteiger partial charge >= 0.3 is 0 Å². The average Bonchev–Trinajstić information content (AvgIpc) is 2.76. The van der Waals surface area contributed by atoms with E-state index in [0.717, 1.165) is 11.6 Å². The highest BCUT2D eigenvalue weighted by Crippen LogP contribution is 2.41.